The van der Waals surface area contributed by atoms with Crippen LogP contribution in [-0.4, -0.2) is 0 Å². The highest BCUT2D eigenvalue weighted by atomic mass is 31.0. The fourth-order valence-corrected chi connectivity index (χ4v) is 3.79. The maximum atomic E-state index is 2.89. The molecule has 0 spiro atoms. The fraction of sp³-hybridized carbons (Fsp3) is 0.333. The Balaban J connectivity index is 1.69. The van der Waals surface area contributed by atoms with Crippen LogP contribution in [0.15, 0.2) is 54.6 Å². The third kappa shape index (κ3) is 2.90. The molecular weight excluding hydrogens is 247 g/mol. The first-order valence-electron chi connectivity index (χ1n) is 7.24. The number of benzene rings is 2. The van der Waals surface area contributed by atoms with Crippen LogP contribution >= 0.6 is 9.24 Å². The molecule has 2 aromatic carbocycles. The Kier molecular flexibility index (Phi) is 3.99. The minimum absolute atomic E-state index is 0.758. The van der Waals surface area contributed by atoms with E-state index >= 15 is 0 Å². The van der Waals surface area contributed by atoms with Crippen LogP contribution in [0.4, 0.5) is 0 Å². The summed E-state index contributed by atoms with van der Waals surface area (Å²) in [6, 6.07) is 19.8. The Morgan fingerprint density at radius 3 is 1.95 bits per heavy atom. The van der Waals surface area contributed by atoms with Gasteiger partial charge in [-0.1, -0.05) is 54.6 Å². The minimum atomic E-state index is 0.758. The Bertz CT molecular complexity index is 524. The second kappa shape index (κ2) is 5.88. The summed E-state index contributed by atoms with van der Waals surface area (Å²) >= 11 is 0. The van der Waals surface area contributed by atoms with Crippen molar-refractivity contribution >= 4 is 14.5 Å². The Hall–Kier alpha value is -1.13. The van der Waals surface area contributed by atoms with Crippen LogP contribution in [0.3, 0.4) is 0 Å². The second-order valence-electron chi connectivity index (χ2n) is 5.59. The lowest BCUT2D eigenvalue weighted by Gasteiger charge is -2.29. The minimum Gasteiger partial charge on any atom is -0.105 e. The molecule has 0 heterocycles. The van der Waals surface area contributed by atoms with Gasteiger partial charge in [-0.05, 0) is 54.0 Å². The lowest BCUT2D eigenvalue weighted by atomic mass is 9.76. The van der Waals surface area contributed by atoms with E-state index in [1.54, 1.807) is 5.56 Å². The first kappa shape index (κ1) is 12.9. The molecule has 0 N–H and O–H groups in total. The Labute approximate surface area is 118 Å². The van der Waals surface area contributed by atoms with Gasteiger partial charge in [-0.15, -0.1) is 9.24 Å². The summed E-state index contributed by atoms with van der Waals surface area (Å²) < 4.78 is 0. The molecule has 0 aromatic heterocycles. The van der Waals surface area contributed by atoms with E-state index < -0.39 is 0 Å². The monoisotopic (exact) mass is 268 g/mol. The zero-order valence-electron chi connectivity index (χ0n) is 11.3. The van der Waals surface area contributed by atoms with Crippen molar-refractivity contribution in [2.45, 2.75) is 37.5 Å². The van der Waals surface area contributed by atoms with Crippen LogP contribution < -0.4 is 5.30 Å². The summed E-state index contributed by atoms with van der Waals surface area (Å²) in [5.74, 6) is 1.53. The van der Waals surface area contributed by atoms with Crippen LogP contribution in [0.1, 0.15) is 48.6 Å². The van der Waals surface area contributed by atoms with Crippen molar-refractivity contribution in [3.63, 3.8) is 0 Å². The molecule has 19 heavy (non-hydrogen) atoms. The van der Waals surface area contributed by atoms with Crippen molar-refractivity contribution < 1.29 is 0 Å². The Morgan fingerprint density at radius 1 is 0.684 bits per heavy atom. The molecule has 0 radical (unpaired) electrons. The summed E-state index contributed by atoms with van der Waals surface area (Å²) in [6.07, 6.45) is 5.30. The smallest absolute Gasteiger partial charge is 0.0155 e. The number of hydrogen-bond acceptors (Lipinski definition) is 0. The van der Waals surface area contributed by atoms with Crippen molar-refractivity contribution in [2.75, 3.05) is 0 Å². The number of hydrogen-bond donors (Lipinski definition) is 0. The summed E-state index contributed by atoms with van der Waals surface area (Å²) in [5, 5.41) is 1.38. The molecule has 0 saturated heterocycles. The van der Waals surface area contributed by atoms with Crippen molar-refractivity contribution in [3.8, 4) is 0 Å². The van der Waals surface area contributed by atoms with E-state index in [2.05, 4.69) is 63.8 Å². The third-order valence-electron chi connectivity index (χ3n) is 4.43. The van der Waals surface area contributed by atoms with Crippen molar-refractivity contribution in [2.24, 2.45) is 0 Å². The zero-order valence-corrected chi connectivity index (χ0v) is 12.4. The SMILES string of the molecule is Pc1ccccc1C1CCC(c2ccccc2)CC1. The van der Waals surface area contributed by atoms with Gasteiger partial charge in [-0.3, -0.25) is 0 Å². The standard InChI is InChI=1S/C18H21P/c19-18-9-5-4-8-17(18)16-12-10-15(11-13-16)14-6-2-1-3-7-14/h1-9,15-16H,10-13,19H2. The normalized spacial score (nSPS) is 23.2. The summed E-state index contributed by atoms with van der Waals surface area (Å²) in [5.41, 5.74) is 3.07. The highest BCUT2D eigenvalue weighted by Gasteiger charge is 2.23. The van der Waals surface area contributed by atoms with Crippen molar-refractivity contribution in [1.29, 1.82) is 0 Å². The third-order valence-corrected chi connectivity index (χ3v) is 4.96. The summed E-state index contributed by atoms with van der Waals surface area (Å²) in [4.78, 5) is 0. The van der Waals surface area contributed by atoms with Gasteiger partial charge in [-0.2, -0.15) is 0 Å². The summed E-state index contributed by atoms with van der Waals surface area (Å²) in [7, 11) is 2.89. The average molecular weight is 268 g/mol. The van der Waals surface area contributed by atoms with Crippen molar-refractivity contribution in [1.82, 2.24) is 0 Å². The number of rotatable bonds is 2. The molecule has 1 aliphatic rings. The predicted molar refractivity (Wildman–Crippen MR) is 86.2 cm³/mol. The lowest BCUT2D eigenvalue weighted by molar-refractivity contribution is 0.397. The molecule has 0 amide bonds. The van der Waals surface area contributed by atoms with Crippen LogP contribution in [0.2, 0.25) is 0 Å². The molecule has 0 aliphatic heterocycles. The highest BCUT2D eigenvalue weighted by Crippen LogP contribution is 2.40. The maximum Gasteiger partial charge on any atom is -0.0155 e. The quantitative estimate of drug-likeness (QED) is 0.697. The molecule has 98 valence electrons. The molecule has 1 aliphatic carbocycles. The van der Waals surface area contributed by atoms with Crippen LogP contribution in [0, 0.1) is 0 Å². The summed E-state index contributed by atoms with van der Waals surface area (Å²) in [6.45, 7) is 0. The van der Waals surface area contributed by atoms with E-state index in [4.69, 9.17) is 0 Å². The average Bonchev–Trinajstić information content (AvgIpc) is 2.49. The zero-order chi connectivity index (χ0) is 13.1. The molecule has 1 saturated carbocycles. The first-order valence-corrected chi connectivity index (χ1v) is 7.81. The molecule has 0 nitrogen and oxygen atoms in total. The van der Waals surface area contributed by atoms with E-state index in [9.17, 15) is 0 Å². The Morgan fingerprint density at radius 2 is 1.26 bits per heavy atom. The highest BCUT2D eigenvalue weighted by molar-refractivity contribution is 7.27. The van der Waals surface area contributed by atoms with Crippen molar-refractivity contribution in [3.05, 3.63) is 65.7 Å². The second-order valence-corrected chi connectivity index (χ2v) is 6.21. The lowest BCUT2D eigenvalue weighted by Crippen LogP contribution is -2.15. The molecule has 3 rings (SSSR count). The van der Waals surface area contributed by atoms with Gasteiger partial charge in [0.25, 0.3) is 0 Å². The van der Waals surface area contributed by atoms with Crippen LogP contribution in [-0.2, 0) is 0 Å². The van der Waals surface area contributed by atoms with Gasteiger partial charge in [-0.25, -0.2) is 0 Å². The van der Waals surface area contributed by atoms with E-state index in [0.717, 1.165) is 11.8 Å². The van der Waals surface area contributed by atoms with E-state index in [-0.39, 0.29) is 0 Å². The molecule has 1 atom stereocenters. The van der Waals surface area contributed by atoms with E-state index in [0.29, 0.717) is 0 Å². The van der Waals surface area contributed by atoms with Gasteiger partial charge < -0.3 is 0 Å². The molecule has 1 unspecified atom stereocenters. The van der Waals surface area contributed by atoms with Gasteiger partial charge in [0.05, 0.1) is 0 Å². The predicted octanol–water partition coefficient (Wildman–Crippen LogP) is 4.63. The molecular formula is C18H21P. The van der Waals surface area contributed by atoms with Gasteiger partial charge in [0.15, 0.2) is 0 Å². The molecule has 1 fully saturated rings. The fourth-order valence-electron chi connectivity index (χ4n) is 3.35. The largest absolute Gasteiger partial charge is 0.105 e. The van der Waals surface area contributed by atoms with Gasteiger partial charge in [0.1, 0.15) is 0 Å². The van der Waals surface area contributed by atoms with Gasteiger partial charge >= 0.3 is 0 Å². The van der Waals surface area contributed by atoms with E-state index in [1.807, 2.05) is 0 Å². The van der Waals surface area contributed by atoms with Crippen LogP contribution in [0.25, 0.3) is 0 Å². The van der Waals surface area contributed by atoms with E-state index in [1.165, 1.54) is 36.6 Å². The maximum absolute atomic E-state index is 2.89. The van der Waals surface area contributed by atoms with Gasteiger partial charge in [0.2, 0.25) is 0 Å². The van der Waals surface area contributed by atoms with Crippen LogP contribution in [0.5, 0.6) is 0 Å². The van der Waals surface area contributed by atoms with Gasteiger partial charge in [0, 0.05) is 0 Å². The molecule has 0 bridgehead atoms. The molecule has 1 heteroatoms. The topological polar surface area (TPSA) is 0 Å². The first-order chi connectivity index (χ1) is 9.34. The molecule has 2 aromatic rings.